The van der Waals surface area contributed by atoms with Crippen LogP contribution in [0.2, 0.25) is 0 Å². The van der Waals surface area contributed by atoms with Crippen LogP contribution < -0.4 is 9.47 Å². The van der Waals surface area contributed by atoms with Crippen LogP contribution in [0.4, 0.5) is 0 Å². The lowest BCUT2D eigenvalue weighted by Gasteiger charge is -2.36. The summed E-state index contributed by atoms with van der Waals surface area (Å²) in [7, 11) is 3.20. The van der Waals surface area contributed by atoms with Gasteiger partial charge in [0.1, 0.15) is 16.8 Å². The molecule has 1 aromatic heterocycles. The predicted octanol–water partition coefficient (Wildman–Crippen LogP) is 4.43. The molecule has 0 bridgehead atoms. The van der Waals surface area contributed by atoms with Crippen LogP contribution in [0.1, 0.15) is 29.1 Å². The molecular weight excluding hydrogens is 400 g/mol. The molecule has 1 aliphatic rings. The maximum atomic E-state index is 13.2. The average Bonchev–Trinajstić information content (AvgIpc) is 3.28. The van der Waals surface area contributed by atoms with Gasteiger partial charge in [-0.2, -0.15) is 0 Å². The third kappa shape index (κ3) is 4.04. The van der Waals surface area contributed by atoms with Crippen molar-refractivity contribution in [2.45, 2.75) is 19.1 Å². The minimum absolute atomic E-state index is 0.0514. The molecule has 0 saturated carbocycles. The summed E-state index contributed by atoms with van der Waals surface area (Å²) in [5.74, 6) is 1.15. The summed E-state index contributed by atoms with van der Waals surface area (Å²) < 4.78 is 17.0. The Bertz CT molecular complexity index is 1020. The number of morpholine rings is 1. The molecule has 30 heavy (non-hydrogen) atoms. The van der Waals surface area contributed by atoms with Gasteiger partial charge in [0.05, 0.1) is 32.4 Å². The van der Waals surface area contributed by atoms with E-state index in [0.29, 0.717) is 30.3 Å². The van der Waals surface area contributed by atoms with Crippen LogP contribution in [0.3, 0.4) is 0 Å². The van der Waals surface area contributed by atoms with Crippen molar-refractivity contribution in [3.8, 4) is 22.1 Å². The topological polar surface area (TPSA) is 60.9 Å². The summed E-state index contributed by atoms with van der Waals surface area (Å²) in [6, 6.07) is 15.6. The second kappa shape index (κ2) is 8.85. The minimum atomic E-state index is -0.143. The Hall–Kier alpha value is -2.90. The molecule has 0 unspecified atom stereocenters. The van der Waals surface area contributed by atoms with Crippen molar-refractivity contribution in [1.82, 2.24) is 9.88 Å². The van der Waals surface area contributed by atoms with Crippen LogP contribution in [-0.2, 0) is 4.74 Å². The number of thiazole rings is 1. The molecule has 2 aromatic carbocycles. The summed E-state index contributed by atoms with van der Waals surface area (Å²) in [5.41, 5.74) is 2.31. The number of aromatic nitrogens is 1. The maximum Gasteiger partial charge on any atom is 0.273 e. The first-order valence-corrected chi connectivity index (χ1v) is 10.6. The highest BCUT2D eigenvalue weighted by molar-refractivity contribution is 7.13. The number of rotatable bonds is 5. The second-order valence-corrected chi connectivity index (χ2v) is 7.99. The molecular formula is C23H24N2O4S. The Morgan fingerprint density at radius 3 is 2.63 bits per heavy atom. The average molecular weight is 425 g/mol. The third-order valence-corrected chi connectivity index (χ3v) is 5.95. The number of carbonyl (C=O) groups is 1. The largest absolute Gasteiger partial charge is 0.493 e. The zero-order chi connectivity index (χ0) is 21.1. The SMILES string of the molecule is COc1cccc(-c2nc(C(=O)N3C[C@@H](C)O[C@H](c4ccccc4)C3)cs2)c1OC. The van der Waals surface area contributed by atoms with Gasteiger partial charge in [-0.25, -0.2) is 4.98 Å². The summed E-state index contributed by atoms with van der Waals surface area (Å²) in [6.07, 6.45) is -0.194. The number of hydrogen-bond donors (Lipinski definition) is 0. The number of hydrogen-bond acceptors (Lipinski definition) is 6. The van der Waals surface area contributed by atoms with Gasteiger partial charge in [0.2, 0.25) is 0 Å². The van der Waals surface area contributed by atoms with Gasteiger partial charge >= 0.3 is 0 Å². The molecule has 1 amide bonds. The number of carbonyl (C=O) groups excluding carboxylic acids is 1. The minimum Gasteiger partial charge on any atom is -0.493 e. The molecule has 0 aliphatic carbocycles. The van der Waals surface area contributed by atoms with Crippen molar-refractivity contribution in [2.24, 2.45) is 0 Å². The normalized spacial score (nSPS) is 18.8. The molecule has 1 fully saturated rings. The molecule has 156 valence electrons. The Kier molecular flexibility index (Phi) is 6.01. The van der Waals surface area contributed by atoms with Gasteiger partial charge in [-0.15, -0.1) is 11.3 Å². The van der Waals surface area contributed by atoms with E-state index in [1.807, 2.05) is 60.4 Å². The first-order valence-electron chi connectivity index (χ1n) is 9.77. The lowest BCUT2D eigenvalue weighted by Crippen LogP contribution is -2.46. The predicted molar refractivity (Wildman–Crippen MR) is 116 cm³/mol. The molecule has 2 heterocycles. The van der Waals surface area contributed by atoms with Gasteiger partial charge in [0.15, 0.2) is 11.5 Å². The second-order valence-electron chi connectivity index (χ2n) is 7.14. The van der Waals surface area contributed by atoms with Crippen molar-refractivity contribution in [1.29, 1.82) is 0 Å². The zero-order valence-corrected chi connectivity index (χ0v) is 18.0. The van der Waals surface area contributed by atoms with Crippen molar-refractivity contribution in [3.63, 3.8) is 0 Å². The number of methoxy groups -OCH3 is 2. The molecule has 6 nitrogen and oxygen atoms in total. The van der Waals surface area contributed by atoms with Crippen LogP contribution in [-0.4, -0.2) is 49.2 Å². The first kappa shape index (κ1) is 20.4. The summed E-state index contributed by atoms with van der Waals surface area (Å²) in [6.45, 7) is 3.03. The highest BCUT2D eigenvalue weighted by Gasteiger charge is 2.31. The van der Waals surface area contributed by atoms with Crippen LogP contribution >= 0.6 is 11.3 Å². The smallest absolute Gasteiger partial charge is 0.273 e. The quantitative estimate of drug-likeness (QED) is 0.606. The summed E-state index contributed by atoms with van der Waals surface area (Å²) in [4.78, 5) is 19.6. The Morgan fingerprint density at radius 1 is 1.10 bits per heavy atom. The Balaban J connectivity index is 1.57. The number of ether oxygens (including phenoxy) is 3. The Morgan fingerprint density at radius 2 is 1.90 bits per heavy atom. The van der Waals surface area contributed by atoms with E-state index in [2.05, 4.69) is 4.98 Å². The van der Waals surface area contributed by atoms with Crippen LogP contribution in [0.5, 0.6) is 11.5 Å². The van der Waals surface area contributed by atoms with E-state index in [1.165, 1.54) is 11.3 Å². The van der Waals surface area contributed by atoms with Gasteiger partial charge in [0, 0.05) is 11.9 Å². The molecule has 0 N–H and O–H groups in total. The van der Waals surface area contributed by atoms with E-state index >= 15 is 0 Å². The van der Waals surface area contributed by atoms with E-state index in [0.717, 1.165) is 16.1 Å². The lowest BCUT2D eigenvalue weighted by molar-refractivity contribution is -0.0692. The van der Waals surface area contributed by atoms with Crippen LogP contribution in [0.15, 0.2) is 53.9 Å². The summed E-state index contributed by atoms with van der Waals surface area (Å²) in [5, 5.41) is 2.52. The maximum absolute atomic E-state index is 13.2. The zero-order valence-electron chi connectivity index (χ0n) is 17.2. The van der Waals surface area contributed by atoms with Gasteiger partial charge in [-0.05, 0) is 24.6 Å². The fourth-order valence-corrected chi connectivity index (χ4v) is 4.50. The molecule has 0 spiro atoms. The Labute approximate surface area is 180 Å². The van der Waals surface area contributed by atoms with Gasteiger partial charge in [-0.3, -0.25) is 4.79 Å². The molecule has 2 atom stereocenters. The molecule has 1 saturated heterocycles. The van der Waals surface area contributed by atoms with Crippen LogP contribution in [0, 0.1) is 0 Å². The standard InChI is InChI=1S/C23H24N2O4S/c1-15-12-25(13-20(29-15)16-8-5-4-6-9-16)23(26)18-14-30-22(24-18)17-10-7-11-19(27-2)21(17)28-3/h4-11,14-15,20H,12-13H2,1-3H3/t15-,20+/m1/s1. The number of benzene rings is 2. The monoisotopic (exact) mass is 424 g/mol. The molecule has 1 aliphatic heterocycles. The van der Waals surface area contributed by atoms with Crippen molar-refractivity contribution in [3.05, 3.63) is 65.2 Å². The summed E-state index contributed by atoms with van der Waals surface area (Å²) >= 11 is 1.42. The van der Waals surface area contributed by atoms with Gasteiger partial charge in [0.25, 0.3) is 5.91 Å². The lowest BCUT2D eigenvalue weighted by atomic mass is 10.1. The van der Waals surface area contributed by atoms with Gasteiger partial charge in [-0.1, -0.05) is 36.4 Å². The molecule has 0 radical (unpaired) electrons. The third-order valence-electron chi connectivity index (χ3n) is 5.08. The van der Waals surface area contributed by atoms with E-state index in [-0.39, 0.29) is 18.1 Å². The van der Waals surface area contributed by atoms with E-state index < -0.39 is 0 Å². The molecule has 7 heteroatoms. The van der Waals surface area contributed by atoms with E-state index in [9.17, 15) is 4.79 Å². The fraction of sp³-hybridized carbons (Fsp3) is 0.304. The van der Waals surface area contributed by atoms with Crippen LogP contribution in [0.25, 0.3) is 10.6 Å². The highest BCUT2D eigenvalue weighted by Crippen LogP contribution is 2.39. The highest BCUT2D eigenvalue weighted by atomic mass is 32.1. The number of para-hydroxylation sites is 1. The van der Waals surface area contributed by atoms with Crippen molar-refractivity contribution in [2.75, 3.05) is 27.3 Å². The number of nitrogens with zero attached hydrogens (tertiary/aromatic N) is 2. The van der Waals surface area contributed by atoms with Crippen molar-refractivity contribution >= 4 is 17.2 Å². The number of amides is 1. The van der Waals surface area contributed by atoms with E-state index in [4.69, 9.17) is 14.2 Å². The molecule has 3 aromatic rings. The van der Waals surface area contributed by atoms with Gasteiger partial charge < -0.3 is 19.1 Å². The fourth-order valence-electron chi connectivity index (χ4n) is 3.68. The van der Waals surface area contributed by atoms with E-state index in [1.54, 1.807) is 19.6 Å². The molecule has 4 rings (SSSR count). The first-order chi connectivity index (χ1) is 14.6. The van der Waals surface area contributed by atoms with Crippen molar-refractivity contribution < 1.29 is 19.0 Å².